The summed E-state index contributed by atoms with van der Waals surface area (Å²) in [5.74, 6) is 1.46. The van der Waals surface area contributed by atoms with E-state index in [1.165, 1.54) is 0 Å². The lowest BCUT2D eigenvalue weighted by molar-refractivity contribution is 0.582. The zero-order valence-electron chi connectivity index (χ0n) is 19.6. The number of nitrogen functional groups attached to an aromatic ring is 1. The van der Waals surface area contributed by atoms with Gasteiger partial charge in [-0.25, -0.2) is 23.1 Å². The average molecular weight is 510 g/mol. The molecule has 0 aliphatic carbocycles. The number of H-pyrrole nitrogens is 2. The van der Waals surface area contributed by atoms with E-state index in [1.807, 2.05) is 54.6 Å². The smallest absolute Gasteiger partial charge is 0.241 e. The minimum atomic E-state index is -3.71. The molecule has 10 heteroatoms. The number of nitrogens with zero attached hydrogens (tertiary/aromatic N) is 2. The fourth-order valence-corrected chi connectivity index (χ4v) is 5.70. The predicted molar refractivity (Wildman–Crippen MR) is 144 cm³/mol. The molecule has 4 aromatic carbocycles. The summed E-state index contributed by atoms with van der Waals surface area (Å²) < 4.78 is 28.8. The first-order valence-electron chi connectivity index (χ1n) is 11.6. The number of fused-ring (bicyclic) bond motifs is 3. The lowest BCUT2D eigenvalue weighted by Crippen LogP contribution is -2.23. The first-order valence-corrected chi connectivity index (χ1v) is 13.1. The van der Waals surface area contributed by atoms with Gasteiger partial charge in [0.15, 0.2) is 0 Å². The van der Waals surface area contributed by atoms with Crippen LogP contribution in [0, 0.1) is 5.41 Å². The Morgan fingerprint density at radius 2 is 1.54 bits per heavy atom. The van der Waals surface area contributed by atoms with E-state index >= 15 is 0 Å². The van der Waals surface area contributed by atoms with Gasteiger partial charge in [-0.05, 0) is 47.3 Å². The molecule has 9 nitrogen and oxygen atoms in total. The molecule has 0 saturated carbocycles. The number of benzene rings is 4. The molecule has 0 unspecified atom stereocenters. The number of aromatic amines is 2. The van der Waals surface area contributed by atoms with Crippen LogP contribution in [0.25, 0.3) is 32.8 Å². The van der Waals surface area contributed by atoms with Gasteiger partial charge < -0.3 is 15.7 Å². The van der Waals surface area contributed by atoms with Crippen LogP contribution >= 0.6 is 0 Å². The molecule has 0 saturated heterocycles. The summed E-state index contributed by atoms with van der Waals surface area (Å²) in [6.07, 6.45) is 0.460. The molecular formula is C27H23N7O2S. The SMILES string of the molecule is N=C(N)c1ccc2[nH]c(Cc3nc4cc(CNS(=O)(=O)c5cccc6ccccc56)ccc4[nH]3)nc2c1. The molecule has 184 valence electrons. The Bertz CT molecular complexity index is 1920. The molecule has 0 spiro atoms. The Balaban J connectivity index is 1.21. The standard InChI is InChI=1S/C27H23N7O2S/c28-27(29)18-9-11-21-23(13-18)34-26(32-21)14-25-31-20-10-8-16(12-22(20)33-25)15-30-37(35,36)24-7-3-5-17-4-1-2-6-19(17)24/h1-13,30H,14-15H2,(H3,28,29)(H,31,33)(H,32,34). The largest absolute Gasteiger partial charge is 0.384 e. The molecule has 0 aliphatic rings. The summed E-state index contributed by atoms with van der Waals surface area (Å²) >= 11 is 0. The van der Waals surface area contributed by atoms with E-state index in [2.05, 4.69) is 24.7 Å². The lowest BCUT2D eigenvalue weighted by atomic mass is 10.1. The van der Waals surface area contributed by atoms with Gasteiger partial charge in [-0.2, -0.15) is 0 Å². The summed E-state index contributed by atoms with van der Waals surface area (Å²) in [5, 5.41) is 9.17. The van der Waals surface area contributed by atoms with Gasteiger partial charge >= 0.3 is 0 Å². The molecule has 2 heterocycles. The van der Waals surface area contributed by atoms with E-state index in [0.717, 1.165) is 44.7 Å². The van der Waals surface area contributed by atoms with Gasteiger partial charge in [-0.1, -0.05) is 42.5 Å². The van der Waals surface area contributed by atoms with Crippen LogP contribution in [0.3, 0.4) is 0 Å². The van der Waals surface area contributed by atoms with Crippen molar-refractivity contribution in [3.63, 3.8) is 0 Å². The molecule has 0 amide bonds. The minimum Gasteiger partial charge on any atom is -0.384 e. The van der Waals surface area contributed by atoms with Crippen molar-refractivity contribution < 1.29 is 8.42 Å². The topological polar surface area (TPSA) is 153 Å². The maximum absolute atomic E-state index is 13.1. The number of aromatic nitrogens is 4. The van der Waals surface area contributed by atoms with Gasteiger partial charge in [0, 0.05) is 17.5 Å². The Morgan fingerprint density at radius 3 is 2.30 bits per heavy atom. The lowest BCUT2D eigenvalue weighted by Gasteiger charge is -2.09. The van der Waals surface area contributed by atoms with Gasteiger partial charge in [0.2, 0.25) is 10.0 Å². The average Bonchev–Trinajstić information content (AvgIpc) is 3.49. The van der Waals surface area contributed by atoms with E-state index < -0.39 is 10.0 Å². The highest BCUT2D eigenvalue weighted by Gasteiger charge is 2.17. The highest BCUT2D eigenvalue weighted by atomic mass is 32.2. The normalized spacial score (nSPS) is 12.0. The minimum absolute atomic E-state index is 0.000974. The van der Waals surface area contributed by atoms with E-state index in [9.17, 15) is 8.42 Å². The number of rotatable bonds is 7. The molecule has 0 atom stereocenters. The molecule has 0 radical (unpaired) electrons. The van der Waals surface area contributed by atoms with Crippen LogP contribution in [-0.4, -0.2) is 34.2 Å². The van der Waals surface area contributed by atoms with Crippen LogP contribution in [0.4, 0.5) is 0 Å². The van der Waals surface area contributed by atoms with E-state index in [-0.39, 0.29) is 17.3 Å². The van der Waals surface area contributed by atoms with Crippen molar-refractivity contribution in [1.29, 1.82) is 5.41 Å². The Labute approximate surface area is 212 Å². The van der Waals surface area contributed by atoms with Crippen LogP contribution in [0.15, 0.2) is 83.8 Å². The summed E-state index contributed by atoms with van der Waals surface area (Å²) in [6, 6.07) is 23.7. The maximum atomic E-state index is 13.1. The van der Waals surface area contributed by atoms with Gasteiger partial charge in [0.1, 0.15) is 17.5 Å². The third kappa shape index (κ3) is 4.44. The zero-order valence-corrected chi connectivity index (χ0v) is 20.4. The second-order valence-electron chi connectivity index (χ2n) is 8.84. The monoisotopic (exact) mass is 509 g/mol. The highest BCUT2D eigenvalue weighted by Crippen LogP contribution is 2.23. The van der Waals surface area contributed by atoms with Crippen LogP contribution in [-0.2, 0) is 23.0 Å². The summed E-state index contributed by atoms with van der Waals surface area (Å²) in [6.45, 7) is 0.145. The first kappa shape index (κ1) is 22.9. The van der Waals surface area contributed by atoms with Crippen LogP contribution in [0.1, 0.15) is 22.8 Å². The number of nitrogens with one attached hydrogen (secondary N) is 4. The van der Waals surface area contributed by atoms with Crippen molar-refractivity contribution >= 4 is 48.7 Å². The van der Waals surface area contributed by atoms with Crippen molar-refractivity contribution in [1.82, 2.24) is 24.7 Å². The van der Waals surface area contributed by atoms with Gasteiger partial charge in [0.25, 0.3) is 0 Å². The predicted octanol–water partition coefficient (Wildman–Crippen LogP) is 3.95. The fraction of sp³-hybridized carbons (Fsp3) is 0.0741. The van der Waals surface area contributed by atoms with Crippen molar-refractivity contribution in [2.45, 2.75) is 17.9 Å². The zero-order chi connectivity index (χ0) is 25.6. The number of hydrogen-bond acceptors (Lipinski definition) is 5. The van der Waals surface area contributed by atoms with Gasteiger partial charge in [0.05, 0.1) is 33.4 Å². The van der Waals surface area contributed by atoms with E-state index in [4.69, 9.17) is 11.1 Å². The van der Waals surface area contributed by atoms with Gasteiger partial charge in [-0.15, -0.1) is 0 Å². The summed E-state index contributed by atoms with van der Waals surface area (Å²) in [5.41, 5.74) is 10.2. The number of nitrogens with two attached hydrogens (primary N) is 1. The third-order valence-electron chi connectivity index (χ3n) is 6.28. The second-order valence-corrected chi connectivity index (χ2v) is 10.6. The Morgan fingerprint density at radius 1 is 0.865 bits per heavy atom. The second kappa shape index (κ2) is 8.84. The number of imidazole rings is 2. The molecule has 6 rings (SSSR count). The van der Waals surface area contributed by atoms with Crippen molar-refractivity contribution in [3.8, 4) is 0 Å². The number of sulfonamides is 1. The fourth-order valence-electron chi connectivity index (χ4n) is 4.45. The molecule has 0 fully saturated rings. The Hall–Kier alpha value is -4.54. The Kier molecular flexibility index (Phi) is 5.47. The molecule has 6 N–H and O–H groups in total. The van der Waals surface area contributed by atoms with Crippen LogP contribution in [0.2, 0.25) is 0 Å². The van der Waals surface area contributed by atoms with E-state index in [0.29, 0.717) is 17.4 Å². The van der Waals surface area contributed by atoms with E-state index in [1.54, 1.807) is 24.3 Å². The first-order chi connectivity index (χ1) is 17.9. The van der Waals surface area contributed by atoms with Crippen molar-refractivity contribution in [2.75, 3.05) is 0 Å². The molecule has 0 bridgehead atoms. The van der Waals surface area contributed by atoms with Crippen LogP contribution in [0.5, 0.6) is 0 Å². The quantitative estimate of drug-likeness (QED) is 0.163. The molecule has 0 aliphatic heterocycles. The van der Waals surface area contributed by atoms with Crippen LogP contribution < -0.4 is 10.5 Å². The maximum Gasteiger partial charge on any atom is 0.241 e. The number of hydrogen-bond donors (Lipinski definition) is 5. The molecular weight excluding hydrogens is 486 g/mol. The highest BCUT2D eigenvalue weighted by molar-refractivity contribution is 7.89. The van der Waals surface area contributed by atoms with Crippen molar-refractivity contribution in [2.24, 2.45) is 5.73 Å². The molecule has 37 heavy (non-hydrogen) atoms. The number of amidine groups is 1. The van der Waals surface area contributed by atoms with Gasteiger partial charge in [-0.3, -0.25) is 5.41 Å². The molecule has 2 aromatic heterocycles. The van der Waals surface area contributed by atoms with Crippen molar-refractivity contribution in [3.05, 3.63) is 102 Å². The summed E-state index contributed by atoms with van der Waals surface area (Å²) in [4.78, 5) is 16.1. The third-order valence-corrected chi connectivity index (χ3v) is 7.74. The molecule has 6 aromatic rings. The summed E-state index contributed by atoms with van der Waals surface area (Å²) in [7, 11) is -3.71.